The third-order valence-electron chi connectivity index (χ3n) is 4.16. The SMILES string of the molecule is Cn1ccnc1SCc1ccc(C(=O)Nc2ccccc2Cn2cccn2)o1. The van der Waals surface area contributed by atoms with E-state index in [2.05, 4.69) is 15.4 Å². The van der Waals surface area contributed by atoms with Gasteiger partial charge in [0.05, 0.1) is 12.3 Å². The minimum atomic E-state index is -0.277. The van der Waals surface area contributed by atoms with Crippen molar-refractivity contribution < 1.29 is 9.21 Å². The van der Waals surface area contributed by atoms with E-state index in [0.717, 1.165) is 22.2 Å². The number of carbonyl (C=O) groups excluding carboxylic acids is 1. The summed E-state index contributed by atoms with van der Waals surface area (Å²) < 4.78 is 9.47. The van der Waals surface area contributed by atoms with Gasteiger partial charge in [0.2, 0.25) is 0 Å². The second-order valence-electron chi connectivity index (χ2n) is 6.19. The minimum absolute atomic E-state index is 0.277. The lowest BCUT2D eigenvalue weighted by Gasteiger charge is -2.10. The molecule has 0 bridgehead atoms. The maximum absolute atomic E-state index is 12.6. The highest BCUT2D eigenvalue weighted by atomic mass is 32.2. The van der Waals surface area contributed by atoms with Gasteiger partial charge in [0.25, 0.3) is 5.91 Å². The highest BCUT2D eigenvalue weighted by Crippen LogP contribution is 2.23. The van der Waals surface area contributed by atoms with Crippen LogP contribution in [0.5, 0.6) is 0 Å². The predicted molar refractivity (Wildman–Crippen MR) is 107 cm³/mol. The molecule has 7 nitrogen and oxygen atoms in total. The van der Waals surface area contributed by atoms with E-state index in [-0.39, 0.29) is 11.7 Å². The molecule has 4 rings (SSSR count). The molecule has 0 aliphatic heterocycles. The number of thioether (sulfide) groups is 1. The second kappa shape index (κ2) is 8.18. The number of nitrogens with one attached hydrogen (secondary N) is 1. The minimum Gasteiger partial charge on any atom is -0.455 e. The van der Waals surface area contributed by atoms with Gasteiger partial charge in [-0.3, -0.25) is 9.48 Å². The number of para-hydroxylation sites is 1. The summed E-state index contributed by atoms with van der Waals surface area (Å²) in [6, 6.07) is 13.0. The Labute approximate surface area is 166 Å². The number of benzene rings is 1. The fourth-order valence-corrected chi connectivity index (χ4v) is 3.56. The van der Waals surface area contributed by atoms with Crippen LogP contribution in [-0.4, -0.2) is 25.2 Å². The molecule has 142 valence electrons. The zero-order valence-electron chi connectivity index (χ0n) is 15.3. The molecule has 0 saturated carbocycles. The van der Waals surface area contributed by atoms with Gasteiger partial charge in [-0.15, -0.1) is 0 Å². The van der Waals surface area contributed by atoms with Gasteiger partial charge in [-0.25, -0.2) is 4.98 Å². The van der Waals surface area contributed by atoms with Crippen molar-refractivity contribution in [3.63, 3.8) is 0 Å². The molecule has 1 aromatic carbocycles. The third-order valence-corrected chi connectivity index (χ3v) is 5.24. The predicted octanol–water partition coefficient (Wildman–Crippen LogP) is 3.80. The van der Waals surface area contributed by atoms with Gasteiger partial charge in [0.1, 0.15) is 5.76 Å². The summed E-state index contributed by atoms with van der Waals surface area (Å²) in [5, 5.41) is 8.05. The van der Waals surface area contributed by atoms with Crippen LogP contribution in [0, 0.1) is 0 Å². The summed E-state index contributed by atoms with van der Waals surface area (Å²) >= 11 is 1.56. The van der Waals surface area contributed by atoms with Crippen LogP contribution in [0.1, 0.15) is 21.9 Å². The van der Waals surface area contributed by atoms with Gasteiger partial charge in [-0.05, 0) is 29.8 Å². The Hall–Kier alpha value is -3.26. The van der Waals surface area contributed by atoms with Crippen molar-refractivity contribution in [1.82, 2.24) is 19.3 Å². The molecule has 3 aromatic heterocycles. The van der Waals surface area contributed by atoms with Crippen LogP contribution in [0.25, 0.3) is 0 Å². The molecule has 0 aliphatic carbocycles. The molecule has 28 heavy (non-hydrogen) atoms. The number of furan rings is 1. The topological polar surface area (TPSA) is 77.9 Å². The van der Waals surface area contributed by atoms with Crippen LogP contribution in [0.4, 0.5) is 5.69 Å². The summed E-state index contributed by atoms with van der Waals surface area (Å²) in [6.45, 7) is 0.577. The molecule has 0 spiro atoms. The van der Waals surface area contributed by atoms with Gasteiger partial charge < -0.3 is 14.3 Å². The summed E-state index contributed by atoms with van der Waals surface area (Å²) in [5.41, 5.74) is 1.71. The highest BCUT2D eigenvalue weighted by Gasteiger charge is 2.14. The van der Waals surface area contributed by atoms with E-state index >= 15 is 0 Å². The Bertz CT molecular complexity index is 1070. The van der Waals surface area contributed by atoms with Crippen molar-refractivity contribution in [2.45, 2.75) is 17.5 Å². The fraction of sp³-hybridized carbons (Fsp3) is 0.150. The largest absolute Gasteiger partial charge is 0.455 e. The lowest BCUT2D eigenvalue weighted by molar-refractivity contribution is 0.0995. The average Bonchev–Trinajstić information content (AvgIpc) is 3.44. The molecule has 1 amide bonds. The van der Waals surface area contributed by atoms with E-state index in [1.54, 1.807) is 30.2 Å². The number of aromatic nitrogens is 4. The number of imidazole rings is 1. The Balaban J connectivity index is 1.42. The number of hydrogen-bond donors (Lipinski definition) is 1. The van der Waals surface area contributed by atoms with Gasteiger partial charge in [-0.2, -0.15) is 5.10 Å². The molecule has 0 radical (unpaired) electrons. The number of nitrogens with zero attached hydrogens (tertiary/aromatic N) is 4. The number of rotatable bonds is 7. The first-order valence-electron chi connectivity index (χ1n) is 8.74. The Morgan fingerprint density at radius 3 is 2.82 bits per heavy atom. The molecule has 0 aliphatic rings. The van der Waals surface area contributed by atoms with E-state index in [1.807, 2.05) is 65.1 Å². The maximum Gasteiger partial charge on any atom is 0.291 e. The third kappa shape index (κ3) is 4.17. The van der Waals surface area contributed by atoms with Gasteiger partial charge in [0, 0.05) is 37.5 Å². The van der Waals surface area contributed by atoms with Crippen LogP contribution in [0.2, 0.25) is 0 Å². The van der Waals surface area contributed by atoms with Crippen LogP contribution >= 0.6 is 11.8 Å². The molecule has 0 unspecified atom stereocenters. The summed E-state index contributed by atoms with van der Waals surface area (Å²) in [7, 11) is 1.94. The zero-order valence-corrected chi connectivity index (χ0v) is 16.1. The first kappa shape index (κ1) is 18.1. The highest BCUT2D eigenvalue weighted by molar-refractivity contribution is 7.98. The molecule has 0 saturated heterocycles. The summed E-state index contributed by atoms with van der Waals surface area (Å²) in [4.78, 5) is 16.9. The molecular weight excluding hydrogens is 374 g/mol. The number of hydrogen-bond acceptors (Lipinski definition) is 5. The first-order chi connectivity index (χ1) is 13.7. The Morgan fingerprint density at radius 2 is 2.04 bits per heavy atom. The lowest BCUT2D eigenvalue weighted by Crippen LogP contribution is -2.13. The fourth-order valence-electron chi connectivity index (χ4n) is 2.74. The van der Waals surface area contributed by atoms with Crippen molar-refractivity contribution in [1.29, 1.82) is 0 Å². The average molecular weight is 393 g/mol. The molecule has 3 heterocycles. The number of aryl methyl sites for hydroxylation is 1. The van der Waals surface area contributed by atoms with E-state index < -0.39 is 0 Å². The quantitative estimate of drug-likeness (QED) is 0.483. The standard InChI is InChI=1S/C20H19N5O2S/c1-24-12-10-21-20(24)28-14-16-7-8-18(27-16)19(26)23-17-6-3-2-5-15(17)13-25-11-4-9-22-25/h2-12H,13-14H2,1H3,(H,23,26). The molecule has 0 fully saturated rings. The Kier molecular flexibility index (Phi) is 5.29. The van der Waals surface area contributed by atoms with Crippen LogP contribution in [-0.2, 0) is 19.3 Å². The van der Waals surface area contributed by atoms with E-state index in [0.29, 0.717) is 12.3 Å². The summed E-state index contributed by atoms with van der Waals surface area (Å²) in [6.07, 6.45) is 7.26. The van der Waals surface area contributed by atoms with Crippen molar-refractivity contribution in [2.24, 2.45) is 7.05 Å². The van der Waals surface area contributed by atoms with Crippen molar-refractivity contribution in [3.8, 4) is 0 Å². The normalized spacial score (nSPS) is 10.9. The zero-order chi connectivity index (χ0) is 19.3. The van der Waals surface area contributed by atoms with Crippen molar-refractivity contribution in [2.75, 3.05) is 5.32 Å². The van der Waals surface area contributed by atoms with E-state index in [1.165, 1.54) is 0 Å². The van der Waals surface area contributed by atoms with Crippen LogP contribution < -0.4 is 5.32 Å². The summed E-state index contributed by atoms with van der Waals surface area (Å²) in [5.74, 6) is 1.34. The molecule has 8 heteroatoms. The first-order valence-corrected chi connectivity index (χ1v) is 9.73. The molecule has 4 aromatic rings. The maximum atomic E-state index is 12.6. The lowest BCUT2D eigenvalue weighted by atomic mass is 10.1. The molecule has 0 atom stereocenters. The number of anilines is 1. The molecular formula is C20H19N5O2S. The second-order valence-corrected chi connectivity index (χ2v) is 7.13. The monoisotopic (exact) mass is 393 g/mol. The van der Waals surface area contributed by atoms with Gasteiger partial charge in [0.15, 0.2) is 10.9 Å². The van der Waals surface area contributed by atoms with Gasteiger partial charge in [-0.1, -0.05) is 30.0 Å². The number of amides is 1. The van der Waals surface area contributed by atoms with Gasteiger partial charge >= 0.3 is 0 Å². The van der Waals surface area contributed by atoms with E-state index in [9.17, 15) is 4.79 Å². The smallest absolute Gasteiger partial charge is 0.291 e. The number of carbonyl (C=O) groups is 1. The van der Waals surface area contributed by atoms with E-state index in [4.69, 9.17) is 4.42 Å². The van der Waals surface area contributed by atoms with Crippen molar-refractivity contribution in [3.05, 3.63) is 84.3 Å². The Morgan fingerprint density at radius 1 is 1.14 bits per heavy atom. The van der Waals surface area contributed by atoms with Crippen LogP contribution in [0.3, 0.4) is 0 Å². The van der Waals surface area contributed by atoms with Crippen LogP contribution in [0.15, 0.2) is 76.8 Å². The van der Waals surface area contributed by atoms with Crippen molar-refractivity contribution >= 4 is 23.4 Å². The molecule has 1 N–H and O–H groups in total.